The highest BCUT2D eigenvalue weighted by Gasteiger charge is 2.47. The molecule has 5 rings (SSSR count). The topological polar surface area (TPSA) is 70.1 Å². The van der Waals surface area contributed by atoms with Crippen LogP contribution >= 0.6 is 0 Å². The Labute approximate surface area is 222 Å². The first-order valence-electron chi connectivity index (χ1n) is 12.9. The normalized spacial score (nSPS) is 19.0. The number of ether oxygens (including phenoxy) is 1. The Bertz CT molecular complexity index is 1390. The zero-order valence-corrected chi connectivity index (χ0v) is 21.8. The third-order valence-corrected chi connectivity index (χ3v) is 7.04. The minimum Gasteiger partial charge on any atom is -0.507 e. The summed E-state index contributed by atoms with van der Waals surface area (Å²) < 4.78 is 19.6. The van der Waals surface area contributed by atoms with Gasteiger partial charge in [0.25, 0.3) is 11.7 Å². The summed E-state index contributed by atoms with van der Waals surface area (Å²) in [7, 11) is 0. The summed E-state index contributed by atoms with van der Waals surface area (Å²) in [6.45, 7) is 7.68. The van der Waals surface area contributed by atoms with Crippen LogP contribution in [0.2, 0.25) is 0 Å². The minimum atomic E-state index is -0.917. The van der Waals surface area contributed by atoms with Gasteiger partial charge < -0.3 is 14.7 Å². The van der Waals surface area contributed by atoms with Crippen molar-refractivity contribution in [2.24, 2.45) is 0 Å². The summed E-state index contributed by atoms with van der Waals surface area (Å²) in [6, 6.07) is 17.4. The average molecular weight is 515 g/mol. The maximum Gasteiger partial charge on any atom is 0.300 e. The smallest absolute Gasteiger partial charge is 0.300 e. The Hall–Kier alpha value is -4.13. The van der Waals surface area contributed by atoms with Crippen LogP contribution in [0.4, 0.5) is 15.8 Å². The van der Waals surface area contributed by atoms with Gasteiger partial charge in [0.15, 0.2) is 0 Å². The molecule has 1 N–H and O–H groups in total. The summed E-state index contributed by atoms with van der Waals surface area (Å²) in [5, 5.41) is 11.4. The third kappa shape index (κ3) is 4.76. The molecule has 2 aliphatic rings. The molecule has 0 aromatic heterocycles. The number of carbonyl (C=O) groups is 2. The number of hydrogen-bond donors (Lipinski definition) is 1. The molecule has 196 valence electrons. The molecule has 1 unspecified atom stereocenters. The molecule has 0 radical (unpaired) electrons. The first-order valence-corrected chi connectivity index (χ1v) is 12.9. The van der Waals surface area contributed by atoms with Crippen molar-refractivity contribution in [3.8, 4) is 5.75 Å². The zero-order chi connectivity index (χ0) is 27.0. The number of aryl methyl sites for hydroxylation is 1. The molecule has 1 atom stereocenters. The maximum atomic E-state index is 13.8. The number of rotatable bonds is 6. The monoisotopic (exact) mass is 514 g/mol. The molecular weight excluding hydrogens is 483 g/mol. The van der Waals surface area contributed by atoms with Gasteiger partial charge in [0.1, 0.15) is 17.3 Å². The van der Waals surface area contributed by atoms with E-state index in [4.69, 9.17) is 4.74 Å². The first kappa shape index (κ1) is 25.5. The van der Waals surface area contributed by atoms with E-state index in [9.17, 15) is 19.1 Å². The Morgan fingerprint density at radius 3 is 2.18 bits per heavy atom. The highest BCUT2D eigenvalue weighted by atomic mass is 19.1. The zero-order valence-electron chi connectivity index (χ0n) is 21.8. The fraction of sp³-hybridized carbons (Fsp3) is 0.290. The maximum absolute atomic E-state index is 13.8. The first-order chi connectivity index (χ1) is 18.2. The molecule has 1 amide bonds. The summed E-state index contributed by atoms with van der Waals surface area (Å²) >= 11 is 0. The summed E-state index contributed by atoms with van der Waals surface area (Å²) in [5.74, 6) is -1.58. The number of nitrogens with zero attached hydrogens (tertiary/aromatic N) is 2. The summed E-state index contributed by atoms with van der Waals surface area (Å²) in [6.07, 6.45) is 2.27. The lowest BCUT2D eigenvalue weighted by atomic mass is 9.94. The van der Waals surface area contributed by atoms with Crippen molar-refractivity contribution in [2.75, 3.05) is 22.9 Å². The molecule has 0 spiro atoms. The molecule has 2 fully saturated rings. The number of aliphatic hydroxyl groups is 1. The van der Waals surface area contributed by atoms with Crippen molar-refractivity contribution in [3.05, 3.63) is 94.8 Å². The van der Waals surface area contributed by atoms with Gasteiger partial charge in [0.05, 0.1) is 17.7 Å². The molecule has 6 nitrogen and oxygen atoms in total. The number of aliphatic hydroxyl groups excluding tert-OH is 1. The van der Waals surface area contributed by atoms with E-state index in [0.717, 1.165) is 37.2 Å². The number of carbonyl (C=O) groups excluding carboxylic acids is 2. The predicted molar refractivity (Wildman–Crippen MR) is 146 cm³/mol. The molecule has 0 saturated carbocycles. The van der Waals surface area contributed by atoms with E-state index in [0.29, 0.717) is 22.6 Å². The molecule has 0 bridgehead atoms. The van der Waals surface area contributed by atoms with E-state index in [1.807, 2.05) is 45.0 Å². The number of amides is 1. The molecule has 2 saturated heterocycles. The van der Waals surface area contributed by atoms with Crippen molar-refractivity contribution >= 4 is 28.8 Å². The second kappa shape index (κ2) is 10.3. The van der Waals surface area contributed by atoms with Crippen LogP contribution in [0, 0.1) is 12.7 Å². The van der Waals surface area contributed by atoms with Crippen molar-refractivity contribution in [3.63, 3.8) is 0 Å². The van der Waals surface area contributed by atoms with E-state index >= 15 is 0 Å². The van der Waals surface area contributed by atoms with Crippen molar-refractivity contribution in [2.45, 2.75) is 45.8 Å². The highest BCUT2D eigenvalue weighted by molar-refractivity contribution is 6.51. The fourth-order valence-electron chi connectivity index (χ4n) is 5.20. The third-order valence-electron chi connectivity index (χ3n) is 7.04. The van der Waals surface area contributed by atoms with Crippen LogP contribution in [0.5, 0.6) is 5.75 Å². The van der Waals surface area contributed by atoms with Crippen LogP contribution in [-0.4, -0.2) is 36.0 Å². The van der Waals surface area contributed by atoms with Crippen LogP contribution in [0.1, 0.15) is 49.4 Å². The van der Waals surface area contributed by atoms with Gasteiger partial charge in [-0.1, -0.05) is 12.1 Å². The number of ketones is 1. The quantitative estimate of drug-likeness (QED) is 0.243. The van der Waals surface area contributed by atoms with E-state index in [1.54, 1.807) is 18.2 Å². The summed E-state index contributed by atoms with van der Waals surface area (Å²) in [5.41, 5.74) is 3.25. The van der Waals surface area contributed by atoms with Crippen molar-refractivity contribution in [1.29, 1.82) is 0 Å². The van der Waals surface area contributed by atoms with Gasteiger partial charge in [-0.2, -0.15) is 0 Å². The molecule has 3 aromatic carbocycles. The second-order valence-corrected chi connectivity index (χ2v) is 10.1. The van der Waals surface area contributed by atoms with Crippen LogP contribution in [0.3, 0.4) is 0 Å². The molecule has 2 aliphatic heterocycles. The van der Waals surface area contributed by atoms with Gasteiger partial charge in [-0.25, -0.2) is 4.39 Å². The van der Waals surface area contributed by atoms with E-state index in [1.165, 1.54) is 29.2 Å². The average Bonchev–Trinajstić information content (AvgIpc) is 3.53. The number of Topliss-reactive ketones (excluding diaryl/α,β-unsaturated/α-hetero) is 1. The lowest BCUT2D eigenvalue weighted by Crippen LogP contribution is -2.29. The summed E-state index contributed by atoms with van der Waals surface area (Å²) in [4.78, 5) is 30.5. The fourth-order valence-corrected chi connectivity index (χ4v) is 5.20. The van der Waals surface area contributed by atoms with Crippen LogP contribution in [0.25, 0.3) is 5.76 Å². The predicted octanol–water partition coefficient (Wildman–Crippen LogP) is 6.15. The van der Waals surface area contributed by atoms with Crippen LogP contribution < -0.4 is 14.5 Å². The molecule has 0 aliphatic carbocycles. The molecule has 3 aromatic rings. The van der Waals surface area contributed by atoms with Crippen LogP contribution in [0.15, 0.2) is 72.3 Å². The van der Waals surface area contributed by atoms with E-state index < -0.39 is 23.5 Å². The van der Waals surface area contributed by atoms with E-state index in [-0.39, 0.29) is 17.4 Å². The van der Waals surface area contributed by atoms with Gasteiger partial charge in [-0.05, 0) is 99.3 Å². The Morgan fingerprint density at radius 2 is 1.58 bits per heavy atom. The second-order valence-electron chi connectivity index (χ2n) is 10.1. The Morgan fingerprint density at radius 1 is 0.947 bits per heavy atom. The number of halogens is 1. The standard InChI is InChI=1S/C31H31FN2O4/c1-19(2)38-26-15-8-22(18-20(26)3)29(35)27-28(21-6-9-23(32)10-7-21)34(31(37)30(27)36)25-13-11-24(12-14-25)33-16-4-5-17-33/h6-15,18-19,28,35H,4-5,16-17H2,1-3H3/b29-27-. The Balaban J connectivity index is 1.60. The van der Waals surface area contributed by atoms with Gasteiger partial charge >= 0.3 is 0 Å². The number of anilines is 2. The van der Waals surface area contributed by atoms with Gasteiger partial charge in [0.2, 0.25) is 0 Å². The highest BCUT2D eigenvalue weighted by Crippen LogP contribution is 2.43. The SMILES string of the molecule is Cc1cc(/C(O)=C2/C(=O)C(=O)N(c3ccc(N4CCCC4)cc3)C2c2ccc(F)cc2)ccc1OC(C)C. The lowest BCUT2D eigenvalue weighted by Gasteiger charge is -2.26. The van der Waals surface area contributed by atoms with Gasteiger partial charge in [-0.3, -0.25) is 14.5 Å². The molecular formula is C31H31FN2O4. The van der Waals surface area contributed by atoms with E-state index in [2.05, 4.69) is 4.90 Å². The van der Waals surface area contributed by atoms with Crippen molar-refractivity contribution < 1.29 is 23.8 Å². The minimum absolute atomic E-state index is 0.0196. The molecule has 38 heavy (non-hydrogen) atoms. The Kier molecular flexibility index (Phi) is 6.93. The number of benzene rings is 3. The number of hydrogen-bond acceptors (Lipinski definition) is 5. The van der Waals surface area contributed by atoms with Crippen molar-refractivity contribution in [1.82, 2.24) is 0 Å². The van der Waals surface area contributed by atoms with Gasteiger partial charge in [0, 0.05) is 30.0 Å². The lowest BCUT2D eigenvalue weighted by molar-refractivity contribution is -0.132. The van der Waals surface area contributed by atoms with Gasteiger partial charge in [-0.15, -0.1) is 0 Å². The van der Waals surface area contributed by atoms with Crippen LogP contribution in [-0.2, 0) is 9.59 Å². The molecule has 7 heteroatoms. The molecule has 2 heterocycles. The largest absolute Gasteiger partial charge is 0.507 e.